The number of rotatable bonds is 3. The molecule has 0 spiro atoms. The molecular weight excluding hydrogens is 288 g/mol. The Morgan fingerprint density at radius 2 is 1.90 bits per heavy atom. The molecule has 1 atom stereocenters. The molecule has 1 aliphatic rings. The second-order valence-electron chi connectivity index (χ2n) is 4.73. The average Bonchev–Trinajstić information content (AvgIpc) is 2.98. The highest BCUT2D eigenvalue weighted by atomic mass is 35.5. The number of aromatic hydroxyl groups is 1. The number of nitrogens with one attached hydrogen (secondary N) is 2. The van der Waals surface area contributed by atoms with Crippen LogP contribution in [0.2, 0.25) is 5.02 Å². The number of ether oxygens (including phenoxy) is 1. The Balaban J connectivity index is 1.91. The first kappa shape index (κ1) is 13.8. The molecule has 0 bridgehead atoms. The van der Waals surface area contributed by atoms with Crippen LogP contribution in [0, 0.1) is 0 Å². The monoisotopic (exact) mass is 302 g/mol. The van der Waals surface area contributed by atoms with Gasteiger partial charge in [-0.1, -0.05) is 35.9 Å². The highest BCUT2D eigenvalue weighted by Gasteiger charge is 2.21. The molecule has 3 rings (SSSR count). The summed E-state index contributed by atoms with van der Waals surface area (Å²) in [5.74, 6) is 0.607. The number of para-hydroxylation sites is 1. The van der Waals surface area contributed by atoms with Gasteiger partial charge in [0.05, 0.1) is 18.8 Å². The minimum absolute atomic E-state index is 0.134. The van der Waals surface area contributed by atoms with Crippen molar-refractivity contribution < 1.29 is 9.84 Å². The first-order chi connectivity index (χ1) is 10.2. The molecule has 2 aromatic carbocycles. The summed E-state index contributed by atoms with van der Waals surface area (Å²) in [6, 6.07) is 12.9. The number of hydrogen-bond acceptors (Lipinski definition) is 4. The number of phenolic OH excluding ortho intramolecular Hbond substituents is 1. The standard InChI is InChI=1S/C16H15ClN2O2/c1-21-15-4-2-3-12(16(15)20)14-9-13(18-19-14)10-5-7-11(17)8-6-10/h2-9,14,18-20H,1H3/t14-/m1/s1. The fourth-order valence-corrected chi connectivity index (χ4v) is 2.45. The molecule has 1 aliphatic heterocycles. The average molecular weight is 303 g/mol. The number of benzene rings is 2. The van der Waals surface area contributed by atoms with Crippen LogP contribution < -0.4 is 15.6 Å². The van der Waals surface area contributed by atoms with Crippen molar-refractivity contribution in [2.45, 2.75) is 6.04 Å². The van der Waals surface area contributed by atoms with E-state index < -0.39 is 0 Å². The molecule has 3 N–H and O–H groups in total. The second-order valence-corrected chi connectivity index (χ2v) is 5.17. The Bertz CT molecular complexity index is 683. The molecular formula is C16H15ClN2O2. The number of phenols is 1. The molecule has 0 amide bonds. The number of halogens is 1. The molecule has 2 aromatic rings. The van der Waals surface area contributed by atoms with Gasteiger partial charge in [0.1, 0.15) is 0 Å². The van der Waals surface area contributed by atoms with Crippen molar-refractivity contribution in [1.82, 2.24) is 10.9 Å². The number of hydrogen-bond donors (Lipinski definition) is 3. The van der Waals surface area contributed by atoms with E-state index in [1.165, 1.54) is 7.11 Å². The van der Waals surface area contributed by atoms with Gasteiger partial charge in [-0.05, 0) is 29.8 Å². The van der Waals surface area contributed by atoms with Crippen LogP contribution in [0.1, 0.15) is 17.2 Å². The van der Waals surface area contributed by atoms with Crippen molar-refractivity contribution in [2.24, 2.45) is 0 Å². The largest absolute Gasteiger partial charge is 0.504 e. The lowest BCUT2D eigenvalue weighted by atomic mass is 10.0. The smallest absolute Gasteiger partial charge is 0.162 e. The van der Waals surface area contributed by atoms with Crippen molar-refractivity contribution >= 4 is 17.3 Å². The summed E-state index contributed by atoms with van der Waals surface area (Å²) in [7, 11) is 1.54. The first-order valence-corrected chi connectivity index (χ1v) is 6.92. The molecule has 1 heterocycles. The zero-order chi connectivity index (χ0) is 14.8. The Morgan fingerprint density at radius 1 is 1.14 bits per heavy atom. The van der Waals surface area contributed by atoms with Crippen LogP contribution in [-0.2, 0) is 0 Å². The van der Waals surface area contributed by atoms with Gasteiger partial charge in [0.2, 0.25) is 0 Å². The molecule has 0 aliphatic carbocycles. The second kappa shape index (κ2) is 5.68. The van der Waals surface area contributed by atoms with Crippen LogP contribution in [0.15, 0.2) is 48.5 Å². The van der Waals surface area contributed by atoms with E-state index in [9.17, 15) is 5.11 Å². The molecule has 108 valence electrons. The van der Waals surface area contributed by atoms with E-state index in [0.29, 0.717) is 10.8 Å². The zero-order valence-corrected chi connectivity index (χ0v) is 12.2. The van der Waals surface area contributed by atoms with E-state index >= 15 is 0 Å². The van der Waals surface area contributed by atoms with Crippen molar-refractivity contribution in [1.29, 1.82) is 0 Å². The van der Waals surface area contributed by atoms with Crippen LogP contribution in [0.4, 0.5) is 0 Å². The van der Waals surface area contributed by atoms with E-state index in [1.54, 1.807) is 6.07 Å². The van der Waals surface area contributed by atoms with E-state index in [0.717, 1.165) is 16.8 Å². The van der Waals surface area contributed by atoms with Gasteiger partial charge in [-0.2, -0.15) is 0 Å². The molecule has 21 heavy (non-hydrogen) atoms. The van der Waals surface area contributed by atoms with Gasteiger partial charge in [0.15, 0.2) is 11.5 Å². The molecule has 0 aromatic heterocycles. The minimum atomic E-state index is -0.134. The lowest BCUT2D eigenvalue weighted by molar-refractivity contribution is 0.368. The molecule has 0 radical (unpaired) electrons. The zero-order valence-electron chi connectivity index (χ0n) is 11.4. The van der Waals surface area contributed by atoms with Crippen LogP contribution in [0.5, 0.6) is 11.5 Å². The van der Waals surface area contributed by atoms with Gasteiger partial charge in [-0.25, -0.2) is 5.43 Å². The lowest BCUT2D eigenvalue weighted by Gasteiger charge is -2.13. The van der Waals surface area contributed by atoms with Gasteiger partial charge < -0.3 is 15.3 Å². The summed E-state index contributed by atoms with van der Waals surface area (Å²) in [6.07, 6.45) is 2.01. The summed E-state index contributed by atoms with van der Waals surface area (Å²) in [5.41, 5.74) is 8.98. The Morgan fingerprint density at radius 3 is 2.62 bits per heavy atom. The number of hydrazine groups is 1. The van der Waals surface area contributed by atoms with Crippen molar-refractivity contribution in [3.05, 3.63) is 64.7 Å². The molecule has 5 heteroatoms. The van der Waals surface area contributed by atoms with Crippen molar-refractivity contribution in [2.75, 3.05) is 7.11 Å². The predicted molar refractivity (Wildman–Crippen MR) is 83.1 cm³/mol. The topological polar surface area (TPSA) is 53.5 Å². The van der Waals surface area contributed by atoms with Crippen LogP contribution >= 0.6 is 11.6 Å². The van der Waals surface area contributed by atoms with Crippen molar-refractivity contribution in [3.63, 3.8) is 0 Å². The highest BCUT2D eigenvalue weighted by Crippen LogP contribution is 2.36. The molecule has 0 fully saturated rings. The normalized spacial score (nSPS) is 17.2. The first-order valence-electron chi connectivity index (χ1n) is 6.54. The van der Waals surface area contributed by atoms with Crippen molar-refractivity contribution in [3.8, 4) is 11.5 Å². The Hall–Kier alpha value is -2.17. The third-order valence-electron chi connectivity index (χ3n) is 3.44. The van der Waals surface area contributed by atoms with E-state index in [-0.39, 0.29) is 11.8 Å². The SMILES string of the molecule is COc1cccc([C@H]2C=C(c3ccc(Cl)cc3)NN2)c1O. The maximum Gasteiger partial charge on any atom is 0.162 e. The van der Waals surface area contributed by atoms with Gasteiger partial charge in [0.25, 0.3) is 0 Å². The van der Waals surface area contributed by atoms with E-state index in [1.807, 2.05) is 42.5 Å². The molecule has 4 nitrogen and oxygen atoms in total. The maximum absolute atomic E-state index is 10.2. The summed E-state index contributed by atoms with van der Waals surface area (Å²) < 4.78 is 5.14. The highest BCUT2D eigenvalue weighted by molar-refractivity contribution is 6.30. The summed E-state index contributed by atoms with van der Waals surface area (Å²) in [4.78, 5) is 0. The van der Waals surface area contributed by atoms with E-state index in [4.69, 9.17) is 16.3 Å². The Kier molecular flexibility index (Phi) is 3.73. The molecule has 0 saturated heterocycles. The van der Waals surface area contributed by atoms with Crippen LogP contribution in [0.3, 0.4) is 0 Å². The summed E-state index contributed by atoms with van der Waals surface area (Å²) in [6.45, 7) is 0. The maximum atomic E-state index is 10.2. The number of methoxy groups -OCH3 is 1. The third-order valence-corrected chi connectivity index (χ3v) is 3.69. The predicted octanol–water partition coefficient (Wildman–Crippen LogP) is 3.24. The Labute approximate surface area is 128 Å². The van der Waals surface area contributed by atoms with Crippen LogP contribution in [0.25, 0.3) is 5.70 Å². The quantitative estimate of drug-likeness (QED) is 0.815. The molecule has 0 saturated carbocycles. The fraction of sp³-hybridized carbons (Fsp3) is 0.125. The fourth-order valence-electron chi connectivity index (χ4n) is 2.33. The van der Waals surface area contributed by atoms with E-state index in [2.05, 4.69) is 10.9 Å². The molecule has 0 unspecified atom stereocenters. The van der Waals surface area contributed by atoms with Crippen LogP contribution in [-0.4, -0.2) is 12.2 Å². The minimum Gasteiger partial charge on any atom is -0.504 e. The summed E-state index contributed by atoms with van der Waals surface area (Å²) in [5, 5.41) is 10.9. The van der Waals surface area contributed by atoms with Gasteiger partial charge in [0, 0.05) is 10.6 Å². The summed E-state index contributed by atoms with van der Waals surface area (Å²) >= 11 is 5.89. The van der Waals surface area contributed by atoms with Gasteiger partial charge in [-0.3, -0.25) is 0 Å². The van der Waals surface area contributed by atoms with Gasteiger partial charge in [-0.15, -0.1) is 0 Å². The lowest BCUT2D eigenvalue weighted by Crippen LogP contribution is -2.26. The third kappa shape index (κ3) is 2.68. The van der Waals surface area contributed by atoms with Gasteiger partial charge >= 0.3 is 0 Å².